The van der Waals surface area contributed by atoms with Gasteiger partial charge in [0.05, 0.1) is 4.90 Å². The molecule has 6 nitrogen and oxygen atoms in total. The molecule has 2 N–H and O–H groups in total. The van der Waals surface area contributed by atoms with Gasteiger partial charge in [0.2, 0.25) is 0 Å². The van der Waals surface area contributed by atoms with E-state index in [0.717, 1.165) is 23.3 Å². The van der Waals surface area contributed by atoms with Crippen molar-refractivity contribution in [2.75, 3.05) is 16.6 Å². The summed E-state index contributed by atoms with van der Waals surface area (Å²) in [5.41, 5.74) is 2.72. The van der Waals surface area contributed by atoms with Crippen molar-refractivity contribution in [3.63, 3.8) is 0 Å². The van der Waals surface area contributed by atoms with Crippen molar-refractivity contribution in [1.29, 1.82) is 0 Å². The minimum Gasteiger partial charge on any atom is -0.483 e. The van der Waals surface area contributed by atoms with Crippen molar-refractivity contribution in [3.05, 3.63) is 83.7 Å². The van der Waals surface area contributed by atoms with Gasteiger partial charge in [-0.25, -0.2) is 12.8 Å². The van der Waals surface area contributed by atoms with Gasteiger partial charge in [-0.1, -0.05) is 17.7 Å². The van der Waals surface area contributed by atoms with Crippen molar-refractivity contribution < 1.29 is 22.3 Å². The SMILES string of the molecule is Cc1ccc(OCC(=O)Nc2ccc(S(=O)(=O)Nc3ccc(F)cc3)cc2)c(C)c1. The number of carbonyl (C=O) groups excluding carboxylic acids is 1. The Labute approximate surface area is 174 Å². The van der Waals surface area contributed by atoms with Gasteiger partial charge in [-0.3, -0.25) is 9.52 Å². The van der Waals surface area contributed by atoms with Crippen LogP contribution in [0, 0.1) is 19.7 Å². The molecule has 0 heterocycles. The highest BCUT2D eigenvalue weighted by Gasteiger charge is 2.14. The van der Waals surface area contributed by atoms with Crippen LogP contribution in [0.15, 0.2) is 71.6 Å². The Bertz CT molecular complexity index is 1140. The van der Waals surface area contributed by atoms with Gasteiger partial charge in [-0.15, -0.1) is 0 Å². The number of amides is 1. The summed E-state index contributed by atoms with van der Waals surface area (Å²) in [6.45, 7) is 3.71. The Kier molecular flexibility index (Phi) is 6.37. The zero-order valence-corrected chi connectivity index (χ0v) is 17.3. The average molecular weight is 428 g/mol. The molecule has 30 heavy (non-hydrogen) atoms. The van der Waals surface area contributed by atoms with Crippen LogP contribution < -0.4 is 14.8 Å². The van der Waals surface area contributed by atoms with E-state index in [9.17, 15) is 17.6 Å². The van der Waals surface area contributed by atoms with Gasteiger partial charge in [0.15, 0.2) is 6.61 Å². The van der Waals surface area contributed by atoms with E-state index in [1.54, 1.807) is 0 Å². The fourth-order valence-electron chi connectivity index (χ4n) is 2.75. The summed E-state index contributed by atoms with van der Waals surface area (Å²) in [7, 11) is -3.84. The molecular weight excluding hydrogens is 407 g/mol. The van der Waals surface area contributed by atoms with E-state index in [1.807, 2.05) is 32.0 Å². The molecule has 0 aromatic heterocycles. The first-order valence-corrected chi connectivity index (χ1v) is 10.6. The summed E-state index contributed by atoms with van der Waals surface area (Å²) in [6, 6.07) is 16.4. The maximum atomic E-state index is 13.0. The van der Waals surface area contributed by atoms with E-state index in [-0.39, 0.29) is 23.1 Å². The first-order chi connectivity index (χ1) is 14.2. The lowest BCUT2D eigenvalue weighted by atomic mass is 10.1. The van der Waals surface area contributed by atoms with Gasteiger partial charge in [0, 0.05) is 11.4 Å². The quantitative estimate of drug-likeness (QED) is 0.589. The first-order valence-electron chi connectivity index (χ1n) is 9.11. The zero-order valence-electron chi connectivity index (χ0n) is 16.5. The molecule has 3 aromatic rings. The second-order valence-electron chi connectivity index (χ2n) is 6.74. The number of aryl methyl sites for hydroxylation is 2. The Hall–Kier alpha value is -3.39. The molecule has 0 atom stereocenters. The van der Waals surface area contributed by atoms with Gasteiger partial charge in [-0.05, 0) is 74.0 Å². The van der Waals surface area contributed by atoms with Crippen LogP contribution >= 0.6 is 0 Å². The van der Waals surface area contributed by atoms with Crippen molar-refractivity contribution in [1.82, 2.24) is 0 Å². The molecule has 0 bridgehead atoms. The fraction of sp³-hybridized carbons (Fsp3) is 0.136. The lowest BCUT2D eigenvalue weighted by Gasteiger charge is -2.11. The van der Waals surface area contributed by atoms with Crippen molar-refractivity contribution >= 4 is 27.3 Å². The number of sulfonamides is 1. The number of rotatable bonds is 7. The van der Waals surface area contributed by atoms with Crippen molar-refractivity contribution in [2.45, 2.75) is 18.7 Å². The molecule has 0 fully saturated rings. The summed E-state index contributed by atoms with van der Waals surface area (Å²) < 4.78 is 45.7. The topological polar surface area (TPSA) is 84.5 Å². The molecule has 3 rings (SSSR count). The second-order valence-corrected chi connectivity index (χ2v) is 8.42. The highest BCUT2D eigenvalue weighted by atomic mass is 32.2. The Morgan fingerprint density at radius 1 is 0.933 bits per heavy atom. The van der Waals surface area contributed by atoms with Gasteiger partial charge >= 0.3 is 0 Å². The van der Waals surface area contributed by atoms with Crippen LogP contribution in [-0.4, -0.2) is 20.9 Å². The maximum Gasteiger partial charge on any atom is 0.262 e. The lowest BCUT2D eigenvalue weighted by molar-refractivity contribution is -0.118. The van der Waals surface area contributed by atoms with E-state index in [2.05, 4.69) is 10.0 Å². The normalized spacial score (nSPS) is 11.0. The van der Waals surface area contributed by atoms with E-state index in [1.165, 1.54) is 36.4 Å². The van der Waals surface area contributed by atoms with E-state index in [4.69, 9.17) is 4.74 Å². The van der Waals surface area contributed by atoms with Gasteiger partial charge in [0.25, 0.3) is 15.9 Å². The summed E-state index contributed by atoms with van der Waals surface area (Å²) >= 11 is 0. The van der Waals surface area contributed by atoms with E-state index in [0.29, 0.717) is 11.4 Å². The number of nitrogens with one attached hydrogen (secondary N) is 2. The molecule has 0 aliphatic rings. The minimum atomic E-state index is -3.84. The van der Waals surface area contributed by atoms with Crippen LogP contribution in [0.5, 0.6) is 5.75 Å². The molecule has 1 amide bonds. The number of ether oxygens (including phenoxy) is 1. The third-order valence-electron chi connectivity index (χ3n) is 4.23. The van der Waals surface area contributed by atoms with Crippen molar-refractivity contribution in [2.24, 2.45) is 0 Å². The number of anilines is 2. The van der Waals surface area contributed by atoms with E-state index >= 15 is 0 Å². The van der Waals surface area contributed by atoms with Gasteiger partial charge in [0.1, 0.15) is 11.6 Å². The molecule has 0 saturated heterocycles. The summed E-state index contributed by atoms with van der Waals surface area (Å²) in [6.07, 6.45) is 0. The second kappa shape index (κ2) is 8.96. The third-order valence-corrected chi connectivity index (χ3v) is 5.63. The molecule has 0 aliphatic carbocycles. The average Bonchev–Trinajstić information content (AvgIpc) is 2.69. The lowest BCUT2D eigenvalue weighted by Crippen LogP contribution is -2.20. The number of hydrogen-bond acceptors (Lipinski definition) is 4. The van der Waals surface area contributed by atoms with Crippen LogP contribution in [0.3, 0.4) is 0 Å². The number of carbonyl (C=O) groups is 1. The Morgan fingerprint density at radius 2 is 1.57 bits per heavy atom. The molecule has 3 aromatic carbocycles. The summed E-state index contributed by atoms with van der Waals surface area (Å²) in [4.78, 5) is 12.1. The number of hydrogen-bond donors (Lipinski definition) is 2. The molecule has 8 heteroatoms. The molecule has 0 unspecified atom stereocenters. The predicted molar refractivity (Wildman–Crippen MR) is 114 cm³/mol. The highest BCUT2D eigenvalue weighted by molar-refractivity contribution is 7.92. The molecule has 0 aliphatic heterocycles. The van der Waals surface area contributed by atoms with Crippen LogP contribution in [0.25, 0.3) is 0 Å². The largest absolute Gasteiger partial charge is 0.483 e. The predicted octanol–water partition coefficient (Wildman–Crippen LogP) is 4.26. The molecule has 0 radical (unpaired) electrons. The Morgan fingerprint density at radius 3 is 2.20 bits per heavy atom. The third kappa shape index (κ3) is 5.57. The summed E-state index contributed by atoms with van der Waals surface area (Å²) in [5, 5.41) is 2.66. The zero-order chi connectivity index (χ0) is 21.7. The maximum absolute atomic E-state index is 13.0. The molecule has 0 spiro atoms. The standard InChI is InChI=1S/C22H21FN2O4S/c1-15-3-12-21(16(2)13-15)29-14-22(26)24-18-8-10-20(11-9-18)30(27,28)25-19-6-4-17(23)5-7-19/h3-13,25H,14H2,1-2H3,(H,24,26). The smallest absolute Gasteiger partial charge is 0.262 e. The van der Waals surface area contributed by atoms with E-state index < -0.39 is 15.8 Å². The Balaban J connectivity index is 1.59. The minimum absolute atomic E-state index is 0.0105. The number of benzene rings is 3. The molecule has 156 valence electrons. The molecule has 0 saturated carbocycles. The van der Waals surface area contributed by atoms with Crippen LogP contribution in [0.1, 0.15) is 11.1 Å². The van der Waals surface area contributed by atoms with Crippen LogP contribution in [0.2, 0.25) is 0 Å². The van der Waals surface area contributed by atoms with Crippen molar-refractivity contribution in [3.8, 4) is 5.75 Å². The number of halogens is 1. The van der Waals surface area contributed by atoms with Gasteiger partial charge < -0.3 is 10.1 Å². The van der Waals surface area contributed by atoms with Crippen LogP contribution in [-0.2, 0) is 14.8 Å². The van der Waals surface area contributed by atoms with Gasteiger partial charge in [-0.2, -0.15) is 0 Å². The fourth-order valence-corrected chi connectivity index (χ4v) is 3.81. The molecular formula is C22H21FN2O4S. The summed E-state index contributed by atoms with van der Waals surface area (Å²) in [5.74, 6) is -0.196. The van der Waals surface area contributed by atoms with Crippen LogP contribution in [0.4, 0.5) is 15.8 Å². The first kappa shape index (κ1) is 21.3. The monoisotopic (exact) mass is 428 g/mol. The highest BCUT2D eigenvalue weighted by Crippen LogP contribution is 2.20.